The first-order chi connectivity index (χ1) is 5.05. The Balaban J connectivity index is 3.79. The van der Waals surface area contributed by atoms with Gasteiger partial charge in [-0.3, -0.25) is 0 Å². The summed E-state index contributed by atoms with van der Waals surface area (Å²) in [4.78, 5) is 0. The molecule has 11 heavy (non-hydrogen) atoms. The highest BCUT2D eigenvalue weighted by molar-refractivity contribution is 9.19. The maximum atomic E-state index is 5.80. The Morgan fingerprint density at radius 2 is 1.91 bits per heavy atom. The zero-order valence-electron chi connectivity index (χ0n) is 7.66. The summed E-state index contributed by atoms with van der Waals surface area (Å²) in [6.07, 6.45) is 6.67. The molecule has 1 nitrogen and oxygen atoms in total. The highest BCUT2D eigenvalue weighted by Gasteiger charge is 2.16. The van der Waals surface area contributed by atoms with Crippen LogP contribution in [0.3, 0.4) is 0 Å². The lowest BCUT2D eigenvalue weighted by Gasteiger charge is -2.31. The third-order valence-corrected chi connectivity index (χ3v) is 6.47. The van der Waals surface area contributed by atoms with Crippen molar-refractivity contribution in [2.75, 3.05) is 12.5 Å². The van der Waals surface area contributed by atoms with Gasteiger partial charge in [-0.1, -0.05) is 36.3 Å². The van der Waals surface area contributed by atoms with E-state index >= 15 is 0 Å². The molecule has 4 heteroatoms. The molecule has 0 heterocycles. The van der Waals surface area contributed by atoms with Crippen molar-refractivity contribution in [1.29, 1.82) is 0 Å². The van der Waals surface area contributed by atoms with Crippen LogP contribution in [0.5, 0.6) is 0 Å². The Morgan fingerprint density at radius 3 is 2.18 bits per heavy atom. The standard InChI is InChI=1S/C7H18OS3/c1-5-7(6-2)8-11(4,9)10-3/h7,9H,5-6H2,1-4H3. The summed E-state index contributed by atoms with van der Waals surface area (Å²) in [5.41, 5.74) is 0. The van der Waals surface area contributed by atoms with Gasteiger partial charge < -0.3 is 4.18 Å². The van der Waals surface area contributed by atoms with Crippen LogP contribution in [0, 0.1) is 0 Å². The molecule has 0 rings (SSSR count). The first-order valence-corrected chi connectivity index (χ1v) is 8.56. The minimum atomic E-state index is -1.13. The van der Waals surface area contributed by atoms with Crippen LogP contribution in [0.1, 0.15) is 26.7 Å². The van der Waals surface area contributed by atoms with Crippen molar-refractivity contribution < 1.29 is 4.18 Å². The summed E-state index contributed by atoms with van der Waals surface area (Å²) < 4.78 is 5.80. The van der Waals surface area contributed by atoms with Crippen LogP contribution >= 0.6 is 30.8 Å². The van der Waals surface area contributed by atoms with Gasteiger partial charge in [0.05, 0.1) is 6.10 Å². The average Bonchev–Trinajstić information content (AvgIpc) is 2.00. The Hall–Kier alpha value is 1.01. The molecule has 0 amide bonds. The molecule has 0 aromatic carbocycles. The monoisotopic (exact) mass is 214 g/mol. The molecule has 0 fully saturated rings. The number of rotatable bonds is 5. The van der Waals surface area contributed by atoms with Gasteiger partial charge in [-0.2, -0.15) is 0 Å². The fourth-order valence-corrected chi connectivity index (χ4v) is 2.51. The Morgan fingerprint density at radius 1 is 1.45 bits per heavy atom. The predicted octanol–water partition coefficient (Wildman–Crippen LogP) is 3.66. The molecular weight excluding hydrogens is 196 g/mol. The topological polar surface area (TPSA) is 9.23 Å². The fourth-order valence-electron chi connectivity index (χ4n) is 0.717. The number of hydrogen-bond acceptors (Lipinski definition) is 3. The van der Waals surface area contributed by atoms with Crippen molar-refractivity contribution in [3.8, 4) is 0 Å². The first-order valence-electron chi connectivity index (χ1n) is 3.80. The Labute approximate surface area is 80.4 Å². The van der Waals surface area contributed by atoms with E-state index in [0.717, 1.165) is 12.8 Å². The summed E-state index contributed by atoms with van der Waals surface area (Å²) in [5.74, 6) is 0. The zero-order chi connectivity index (χ0) is 8.91. The van der Waals surface area contributed by atoms with Crippen LogP contribution in [-0.4, -0.2) is 18.6 Å². The molecule has 0 aliphatic rings. The van der Waals surface area contributed by atoms with Gasteiger partial charge in [0, 0.05) is 6.26 Å². The third kappa shape index (κ3) is 5.28. The van der Waals surface area contributed by atoms with Crippen LogP contribution in [0.4, 0.5) is 0 Å². The molecule has 0 aliphatic heterocycles. The lowest BCUT2D eigenvalue weighted by molar-refractivity contribution is 0.229. The van der Waals surface area contributed by atoms with Crippen LogP contribution in [-0.2, 0) is 4.18 Å². The van der Waals surface area contributed by atoms with Crippen LogP contribution in [0.25, 0.3) is 0 Å². The molecule has 1 atom stereocenters. The summed E-state index contributed by atoms with van der Waals surface area (Å²) in [6.45, 7) is 4.30. The number of hydrogen-bond donors (Lipinski definition) is 1. The molecule has 0 saturated heterocycles. The highest BCUT2D eigenvalue weighted by Crippen LogP contribution is 2.61. The second-order valence-electron chi connectivity index (χ2n) is 2.43. The van der Waals surface area contributed by atoms with Gasteiger partial charge >= 0.3 is 0 Å². The van der Waals surface area contributed by atoms with E-state index in [1.54, 1.807) is 10.8 Å². The quantitative estimate of drug-likeness (QED) is 0.552. The van der Waals surface area contributed by atoms with Crippen LogP contribution < -0.4 is 0 Å². The molecule has 70 valence electrons. The van der Waals surface area contributed by atoms with Crippen molar-refractivity contribution in [2.45, 2.75) is 32.8 Å². The zero-order valence-corrected chi connectivity index (χ0v) is 10.2. The highest BCUT2D eigenvalue weighted by atomic mass is 33.5. The largest absolute Gasteiger partial charge is 0.315 e. The molecule has 0 aromatic rings. The van der Waals surface area contributed by atoms with E-state index in [0.29, 0.717) is 6.10 Å². The van der Waals surface area contributed by atoms with Gasteiger partial charge in [0.15, 0.2) is 0 Å². The lowest BCUT2D eigenvalue weighted by atomic mass is 10.2. The van der Waals surface area contributed by atoms with Crippen LogP contribution in [0.15, 0.2) is 0 Å². The molecule has 1 unspecified atom stereocenters. The first kappa shape index (κ1) is 12.0. The van der Waals surface area contributed by atoms with Crippen molar-refractivity contribution >= 4 is 30.8 Å². The molecule has 0 spiro atoms. The fraction of sp³-hybridized carbons (Fsp3) is 1.00. The van der Waals surface area contributed by atoms with Gasteiger partial charge in [0.1, 0.15) is 0 Å². The van der Waals surface area contributed by atoms with E-state index in [-0.39, 0.29) is 0 Å². The van der Waals surface area contributed by atoms with Gasteiger partial charge in [0.2, 0.25) is 0 Å². The average molecular weight is 214 g/mol. The molecule has 0 radical (unpaired) electrons. The molecular formula is C7H18OS3. The lowest BCUT2D eigenvalue weighted by Crippen LogP contribution is -2.09. The predicted molar refractivity (Wildman–Crippen MR) is 61.5 cm³/mol. The molecule has 0 saturated carbocycles. The van der Waals surface area contributed by atoms with Crippen molar-refractivity contribution in [3.63, 3.8) is 0 Å². The number of thiol groups is 1. The normalized spacial score (nSPS) is 19.8. The Kier molecular flexibility index (Phi) is 6.14. The van der Waals surface area contributed by atoms with E-state index < -0.39 is 8.37 Å². The summed E-state index contributed by atoms with van der Waals surface area (Å²) in [5, 5.41) is 0. The van der Waals surface area contributed by atoms with Crippen LogP contribution in [0.2, 0.25) is 0 Å². The summed E-state index contributed by atoms with van der Waals surface area (Å²) in [6, 6.07) is 0. The Bertz CT molecular complexity index is 102. The van der Waals surface area contributed by atoms with E-state index in [9.17, 15) is 0 Å². The second kappa shape index (κ2) is 5.62. The molecule has 0 N–H and O–H groups in total. The smallest absolute Gasteiger partial charge is 0.0715 e. The molecule has 0 aliphatic carbocycles. The van der Waals surface area contributed by atoms with E-state index in [1.807, 2.05) is 6.26 Å². The van der Waals surface area contributed by atoms with E-state index in [1.165, 1.54) is 0 Å². The molecule has 0 bridgehead atoms. The van der Waals surface area contributed by atoms with Crippen molar-refractivity contribution in [1.82, 2.24) is 0 Å². The SMILES string of the molecule is CCC(CC)OS(C)(S)SC. The van der Waals surface area contributed by atoms with Crippen molar-refractivity contribution in [2.24, 2.45) is 0 Å². The third-order valence-electron chi connectivity index (χ3n) is 1.53. The van der Waals surface area contributed by atoms with Crippen molar-refractivity contribution in [3.05, 3.63) is 0 Å². The summed E-state index contributed by atoms with van der Waals surface area (Å²) in [7, 11) is 0.580. The van der Waals surface area contributed by atoms with Gasteiger partial charge in [-0.05, 0) is 27.5 Å². The van der Waals surface area contributed by atoms with Gasteiger partial charge in [-0.25, -0.2) is 0 Å². The van der Waals surface area contributed by atoms with Gasteiger partial charge in [-0.15, -0.1) is 0 Å². The minimum absolute atomic E-state index is 0.389. The van der Waals surface area contributed by atoms with Gasteiger partial charge in [0.25, 0.3) is 0 Å². The summed E-state index contributed by atoms with van der Waals surface area (Å²) >= 11 is 4.46. The van der Waals surface area contributed by atoms with E-state index in [2.05, 4.69) is 31.8 Å². The second-order valence-corrected chi connectivity index (χ2v) is 10.2. The molecule has 0 aromatic heterocycles. The maximum Gasteiger partial charge on any atom is 0.0715 e. The van der Waals surface area contributed by atoms with E-state index in [4.69, 9.17) is 4.18 Å². The minimum Gasteiger partial charge on any atom is -0.315 e. The maximum absolute atomic E-state index is 5.80.